The second-order valence-electron chi connectivity index (χ2n) is 7.38. The fraction of sp³-hybridized carbons (Fsp3) is 0.435. The van der Waals surface area contributed by atoms with Crippen LogP contribution in [0.3, 0.4) is 0 Å². The standard InChI is InChI=1S/C23H31N3O2/c1-18(23(27)24-17-19-7-13-22(28-2)14-8-19)25-20-9-11-21(12-10-20)26-15-5-3-4-6-16-26/h7-14,18,25H,3-6,15-17H2,1-2H3,(H,24,27)/t18-/m1/s1. The molecular formula is C23H31N3O2. The number of carbonyl (C=O) groups is 1. The van der Waals surface area contributed by atoms with Crippen molar-refractivity contribution in [2.75, 3.05) is 30.4 Å². The van der Waals surface area contributed by atoms with Crippen LogP contribution in [-0.4, -0.2) is 32.1 Å². The summed E-state index contributed by atoms with van der Waals surface area (Å²) in [6.07, 6.45) is 5.20. The summed E-state index contributed by atoms with van der Waals surface area (Å²) in [5.41, 5.74) is 3.28. The second-order valence-corrected chi connectivity index (χ2v) is 7.38. The predicted octanol–water partition coefficient (Wildman–Crippen LogP) is 4.19. The van der Waals surface area contributed by atoms with E-state index in [1.54, 1.807) is 7.11 Å². The number of methoxy groups -OCH3 is 1. The number of carbonyl (C=O) groups excluding carboxylic acids is 1. The Morgan fingerprint density at radius 2 is 1.64 bits per heavy atom. The van der Waals surface area contributed by atoms with Gasteiger partial charge >= 0.3 is 0 Å². The van der Waals surface area contributed by atoms with Crippen molar-refractivity contribution in [3.8, 4) is 5.75 Å². The molecule has 0 aliphatic carbocycles. The molecular weight excluding hydrogens is 350 g/mol. The van der Waals surface area contributed by atoms with E-state index in [-0.39, 0.29) is 11.9 Å². The smallest absolute Gasteiger partial charge is 0.242 e. The number of anilines is 2. The van der Waals surface area contributed by atoms with Gasteiger partial charge in [0.2, 0.25) is 5.91 Å². The SMILES string of the molecule is COc1ccc(CNC(=O)[C@@H](C)Nc2ccc(N3CCCCCC3)cc2)cc1. The van der Waals surface area contributed by atoms with Gasteiger partial charge in [0.15, 0.2) is 0 Å². The van der Waals surface area contributed by atoms with Crippen LogP contribution < -0.4 is 20.3 Å². The van der Waals surface area contributed by atoms with Gasteiger partial charge in [-0.1, -0.05) is 25.0 Å². The first-order valence-electron chi connectivity index (χ1n) is 10.2. The topological polar surface area (TPSA) is 53.6 Å². The molecule has 0 bridgehead atoms. The maximum absolute atomic E-state index is 12.4. The molecule has 0 aromatic heterocycles. The monoisotopic (exact) mass is 381 g/mol. The third kappa shape index (κ3) is 5.65. The number of nitrogens with one attached hydrogen (secondary N) is 2. The molecule has 2 aromatic rings. The molecule has 0 radical (unpaired) electrons. The predicted molar refractivity (Wildman–Crippen MR) is 115 cm³/mol. The minimum atomic E-state index is -0.303. The van der Waals surface area contributed by atoms with E-state index in [0.717, 1.165) is 30.1 Å². The van der Waals surface area contributed by atoms with Gasteiger partial charge in [-0.15, -0.1) is 0 Å². The largest absolute Gasteiger partial charge is 0.497 e. The van der Waals surface area contributed by atoms with Gasteiger partial charge in [0, 0.05) is 31.0 Å². The summed E-state index contributed by atoms with van der Waals surface area (Å²) in [4.78, 5) is 14.8. The van der Waals surface area contributed by atoms with Crippen LogP contribution in [0.1, 0.15) is 38.2 Å². The number of ether oxygens (including phenoxy) is 1. The lowest BCUT2D eigenvalue weighted by atomic mass is 10.2. The molecule has 2 aromatic carbocycles. The summed E-state index contributed by atoms with van der Waals surface area (Å²) in [5, 5.41) is 6.26. The zero-order chi connectivity index (χ0) is 19.8. The summed E-state index contributed by atoms with van der Waals surface area (Å²) < 4.78 is 5.15. The van der Waals surface area contributed by atoms with Crippen LogP contribution in [0.4, 0.5) is 11.4 Å². The van der Waals surface area contributed by atoms with Gasteiger partial charge in [-0.25, -0.2) is 0 Å². The number of hydrogen-bond acceptors (Lipinski definition) is 4. The molecule has 0 spiro atoms. The van der Waals surface area contributed by atoms with Crippen molar-refractivity contribution in [3.05, 3.63) is 54.1 Å². The highest BCUT2D eigenvalue weighted by molar-refractivity contribution is 5.84. The van der Waals surface area contributed by atoms with Gasteiger partial charge in [0.25, 0.3) is 0 Å². The molecule has 2 N–H and O–H groups in total. The Labute approximate surface area is 168 Å². The molecule has 1 amide bonds. The van der Waals surface area contributed by atoms with Crippen LogP contribution in [0.5, 0.6) is 5.75 Å². The van der Waals surface area contributed by atoms with Crippen molar-refractivity contribution in [3.63, 3.8) is 0 Å². The number of hydrogen-bond donors (Lipinski definition) is 2. The lowest BCUT2D eigenvalue weighted by molar-refractivity contribution is -0.121. The molecule has 150 valence electrons. The Bertz CT molecular complexity index is 735. The van der Waals surface area contributed by atoms with Crippen LogP contribution in [-0.2, 0) is 11.3 Å². The van der Waals surface area contributed by atoms with Gasteiger partial charge in [0.05, 0.1) is 7.11 Å². The number of rotatable bonds is 7. The van der Waals surface area contributed by atoms with Gasteiger partial charge in [-0.05, 0) is 61.7 Å². The van der Waals surface area contributed by atoms with Gasteiger partial charge in [0.1, 0.15) is 11.8 Å². The number of benzene rings is 2. The third-order valence-corrected chi connectivity index (χ3v) is 5.24. The summed E-state index contributed by atoms with van der Waals surface area (Å²) in [6.45, 7) is 4.66. The fourth-order valence-corrected chi connectivity index (χ4v) is 3.50. The molecule has 1 fully saturated rings. The summed E-state index contributed by atoms with van der Waals surface area (Å²) in [6, 6.07) is 15.8. The van der Waals surface area contributed by atoms with E-state index in [9.17, 15) is 4.79 Å². The van der Waals surface area contributed by atoms with Crippen LogP contribution in [0.25, 0.3) is 0 Å². The third-order valence-electron chi connectivity index (χ3n) is 5.24. The highest BCUT2D eigenvalue weighted by Gasteiger charge is 2.13. The van der Waals surface area contributed by atoms with Crippen molar-refractivity contribution >= 4 is 17.3 Å². The molecule has 5 heteroatoms. The minimum absolute atomic E-state index is 0.0209. The Morgan fingerprint density at radius 3 is 2.25 bits per heavy atom. The molecule has 1 saturated heterocycles. The Morgan fingerprint density at radius 1 is 1.00 bits per heavy atom. The van der Waals surface area contributed by atoms with Crippen molar-refractivity contribution < 1.29 is 9.53 Å². The first-order valence-corrected chi connectivity index (χ1v) is 10.2. The van der Waals surface area contributed by atoms with Crippen LogP contribution in [0, 0.1) is 0 Å². The van der Waals surface area contributed by atoms with Crippen molar-refractivity contribution in [2.45, 2.75) is 45.2 Å². The van der Waals surface area contributed by atoms with E-state index in [0.29, 0.717) is 6.54 Å². The Balaban J connectivity index is 1.48. The van der Waals surface area contributed by atoms with E-state index in [2.05, 4.69) is 39.8 Å². The number of nitrogens with zero attached hydrogens (tertiary/aromatic N) is 1. The highest BCUT2D eigenvalue weighted by Crippen LogP contribution is 2.22. The first kappa shape index (κ1) is 20.1. The lowest BCUT2D eigenvalue weighted by Gasteiger charge is -2.23. The Kier molecular flexibility index (Phi) is 7.18. The van der Waals surface area contributed by atoms with E-state index in [4.69, 9.17) is 4.74 Å². The van der Waals surface area contributed by atoms with Gasteiger partial charge in [-0.3, -0.25) is 4.79 Å². The highest BCUT2D eigenvalue weighted by atomic mass is 16.5. The molecule has 1 aliphatic rings. The van der Waals surface area contributed by atoms with Crippen molar-refractivity contribution in [1.29, 1.82) is 0 Å². The van der Waals surface area contributed by atoms with Crippen molar-refractivity contribution in [1.82, 2.24) is 5.32 Å². The molecule has 0 unspecified atom stereocenters. The Hall–Kier alpha value is -2.69. The minimum Gasteiger partial charge on any atom is -0.497 e. The summed E-state index contributed by atoms with van der Waals surface area (Å²) in [7, 11) is 1.64. The van der Waals surface area contributed by atoms with E-state index in [1.165, 1.54) is 31.4 Å². The van der Waals surface area contributed by atoms with Crippen LogP contribution >= 0.6 is 0 Å². The van der Waals surface area contributed by atoms with Crippen LogP contribution in [0.15, 0.2) is 48.5 Å². The average Bonchev–Trinajstić information content (AvgIpc) is 3.02. The van der Waals surface area contributed by atoms with Gasteiger partial charge < -0.3 is 20.3 Å². The summed E-state index contributed by atoms with van der Waals surface area (Å²) >= 11 is 0. The van der Waals surface area contributed by atoms with Crippen molar-refractivity contribution in [2.24, 2.45) is 0 Å². The molecule has 28 heavy (non-hydrogen) atoms. The fourth-order valence-electron chi connectivity index (χ4n) is 3.50. The zero-order valence-corrected chi connectivity index (χ0v) is 16.9. The van der Waals surface area contributed by atoms with Gasteiger partial charge in [-0.2, -0.15) is 0 Å². The van der Waals surface area contributed by atoms with E-state index in [1.807, 2.05) is 31.2 Å². The quantitative estimate of drug-likeness (QED) is 0.755. The average molecular weight is 382 g/mol. The maximum atomic E-state index is 12.4. The van der Waals surface area contributed by atoms with E-state index < -0.39 is 0 Å². The second kappa shape index (κ2) is 10.0. The molecule has 0 saturated carbocycles. The van der Waals surface area contributed by atoms with Crippen LogP contribution in [0.2, 0.25) is 0 Å². The maximum Gasteiger partial charge on any atom is 0.242 e. The lowest BCUT2D eigenvalue weighted by Crippen LogP contribution is -2.37. The first-order chi connectivity index (χ1) is 13.7. The molecule has 3 rings (SSSR count). The van der Waals surface area contributed by atoms with E-state index >= 15 is 0 Å². The summed E-state index contributed by atoms with van der Waals surface area (Å²) in [5.74, 6) is 0.793. The molecule has 5 nitrogen and oxygen atoms in total. The molecule has 1 aliphatic heterocycles. The number of amides is 1. The molecule has 1 heterocycles. The molecule has 1 atom stereocenters. The zero-order valence-electron chi connectivity index (χ0n) is 16.9. The normalized spacial score (nSPS) is 15.4.